The molecular weight excluding hydrogens is 1200 g/mol. The molecule has 544 valence electrons. The third-order valence-electron chi connectivity index (χ3n) is 17.9. The Kier molecular flexibility index (Phi) is 53.0. The Balaban J connectivity index is 0.790. The highest BCUT2D eigenvalue weighted by Crippen LogP contribution is 2.15. The van der Waals surface area contributed by atoms with Crippen LogP contribution in [0.4, 0.5) is 8.78 Å². The number of benzene rings is 2. The van der Waals surface area contributed by atoms with Gasteiger partial charge < -0.3 is 56.8 Å². The Hall–Kier alpha value is -2.42. The predicted molar refractivity (Wildman–Crippen MR) is 371 cm³/mol. The lowest BCUT2D eigenvalue weighted by Crippen LogP contribution is -2.34. The van der Waals surface area contributed by atoms with E-state index < -0.39 is 0 Å². The standard InChI is InChI=1S/C74H132F2N6O12/c75-73-25-21-71(22-26-73)69-81-41-53-91-65-61-87-49-37-79(38-50-88-62-66-92-54-42-81)31-19-15-11-7-3-1-5-9-13-17-29-77-33-45-83-57-59-85-47-35-78(36-48-86-60-58-84-46-34-77)30-18-14-10-6-2-4-8-12-16-20-32-80-39-51-89-63-67-93-55-43-82(44-56-94-68-64-90-52-40-80)70-72-23-27-74(76)28-24-72/h21-28H,1-20,29-70H2. The Morgan fingerprint density at radius 3 is 0.511 bits per heavy atom. The fraction of sp³-hybridized carbons (Fsp3) is 0.838. The number of nitrogens with zero attached hydrogens (tertiary/aromatic N) is 6. The topological polar surface area (TPSA) is 130 Å². The molecule has 3 aliphatic rings. The Morgan fingerprint density at radius 1 is 0.191 bits per heavy atom. The van der Waals surface area contributed by atoms with Gasteiger partial charge in [-0.2, -0.15) is 0 Å². The Labute approximate surface area is 568 Å². The average Bonchev–Trinajstić information content (AvgIpc) is 2.33. The smallest absolute Gasteiger partial charge is 0.123 e. The zero-order chi connectivity index (χ0) is 65.8. The van der Waals surface area contributed by atoms with E-state index >= 15 is 0 Å². The first-order chi connectivity index (χ1) is 46.6. The van der Waals surface area contributed by atoms with E-state index in [0.717, 1.165) is 155 Å². The maximum Gasteiger partial charge on any atom is 0.123 e. The van der Waals surface area contributed by atoms with Gasteiger partial charge in [0.25, 0.3) is 0 Å². The van der Waals surface area contributed by atoms with Gasteiger partial charge in [0.2, 0.25) is 0 Å². The van der Waals surface area contributed by atoms with Crippen LogP contribution < -0.4 is 0 Å². The SMILES string of the molecule is Fc1ccc(CN2CCOCCOCCN(CCCCCCCCCCCCN3CCOCCOCCN(CCCCCCCCCCCCN4CCOCCOCCN(Cc5ccc(F)cc5)CCOCCOCC4)CCOCCOCC3)CCOCCOCC2)cc1. The quantitative estimate of drug-likeness (QED) is 0.0687. The zero-order valence-corrected chi connectivity index (χ0v) is 58.8. The van der Waals surface area contributed by atoms with Gasteiger partial charge >= 0.3 is 0 Å². The molecule has 0 aliphatic carbocycles. The number of ether oxygens (including phenoxy) is 12. The summed E-state index contributed by atoms with van der Waals surface area (Å²) in [7, 11) is 0. The van der Waals surface area contributed by atoms with Crippen molar-refractivity contribution in [2.45, 2.75) is 142 Å². The molecule has 0 atom stereocenters. The molecule has 0 N–H and O–H groups in total. The van der Waals surface area contributed by atoms with Crippen molar-refractivity contribution in [1.29, 1.82) is 0 Å². The van der Waals surface area contributed by atoms with Gasteiger partial charge in [-0.3, -0.25) is 29.4 Å². The van der Waals surface area contributed by atoms with Gasteiger partial charge in [-0.05, 0) is 87.3 Å². The van der Waals surface area contributed by atoms with E-state index in [1.54, 1.807) is 0 Å². The maximum atomic E-state index is 13.4. The number of halogens is 2. The minimum absolute atomic E-state index is 0.214. The summed E-state index contributed by atoms with van der Waals surface area (Å²) >= 11 is 0. The van der Waals surface area contributed by atoms with Gasteiger partial charge in [0.1, 0.15) is 11.6 Å². The minimum atomic E-state index is -0.214. The third kappa shape index (κ3) is 47.6. The summed E-state index contributed by atoms with van der Waals surface area (Å²) in [5.41, 5.74) is 2.15. The molecule has 3 fully saturated rings. The molecule has 0 aromatic heterocycles. The number of rotatable bonds is 30. The summed E-state index contributed by atoms with van der Waals surface area (Å²) in [5.74, 6) is -0.428. The molecule has 3 heterocycles. The third-order valence-corrected chi connectivity index (χ3v) is 17.9. The Morgan fingerprint density at radius 2 is 0.340 bits per heavy atom. The lowest BCUT2D eigenvalue weighted by atomic mass is 10.1. The first-order valence-corrected chi connectivity index (χ1v) is 37.3. The minimum Gasteiger partial charge on any atom is -0.378 e. The first kappa shape index (κ1) is 82.2. The van der Waals surface area contributed by atoms with Crippen LogP contribution in [-0.4, -0.2) is 293 Å². The van der Waals surface area contributed by atoms with Crippen LogP contribution >= 0.6 is 0 Å². The molecule has 0 radical (unpaired) electrons. The van der Waals surface area contributed by atoms with Gasteiger partial charge in [-0.15, -0.1) is 0 Å². The van der Waals surface area contributed by atoms with Crippen molar-refractivity contribution in [3.63, 3.8) is 0 Å². The summed E-state index contributed by atoms with van der Waals surface area (Å²) in [5, 5.41) is 0. The van der Waals surface area contributed by atoms with Gasteiger partial charge in [0, 0.05) is 91.6 Å². The van der Waals surface area contributed by atoms with Gasteiger partial charge in [0.15, 0.2) is 0 Å². The normalized spacial score (nSPS) is 20.5. The van der Waals surface area contributed by atoms with Crippen molar-refractivity contribution >= 4 is 0 Å². The fourth-order valence-electron chi connectivity index (χ4n) is 12.0. The summed E-state index contributed by atoms with van der Waals surface area (Å²) in [6.45, 7) is 31.6. The van der Waals surface area contributed by atoms with Crippen molar-refractivity contribution in [3.8, 4) is 0 Å². The van der Waals surface area contributed by atoms with Crippen molar-refractivity contribution < 1.29 is 65.6 Å². The van der Waals surface area contributed by atoms with E-state index in [0.29, 0.717) is 132 Å². The fourth-order valence-corrected chi connectivity index (χ4v) is 12.0. The van der Waals surface area contributed by atoms with Crippen molar-refractivity contribution in [2.24, 2.45) is 0 Å². The highest BCUT2D eigenvalue weighted by atomic mass is 19.1. The van der Waals surface area contributed by atoms with Crippen LogP contribution in [0, 0.1) is 11.6 Å². The zero-order valence-electron chi connectivity index (χ0n) is 58.8. The summed E-state index contributed by atoms with van der Waals surface area (Å²) < 4.78 is 98.6. The van der Waals surface area contributed by atoms with E-state index in [1.165, 1.54) is 153 Å². The van der Waals surface area contributed by atoms with Gasteiger partial charge in [-0.1, -0.05) is 127 Å². The number of hydrogen-bond acceptors (Lipinski definition) is 18. The molecule has 2 aromatic rings. The second-order valence-corrected chi connectivity index (χ2v) is 25.6. The summed E-state index contributed by atoms with van der Waals surface area (Å²) in [6.07, 6.45) is 25.8. The van der Waals surface area contributed by atoms with Crippen LogP contribution in [0.3, 0.4) is 0 Å². The summed E-state index contributed by atoms with van der Waals surface area (Å²) in [6, 6.07) is 13.4. The van der Waals surface area contributed by atoms with Crippen molar-refractivity contribution in [2.75, 3.05) is 263 Å². The van der Waals surface area contributed by atoms with Gasteiger partial charge in [-0.25, -0.2) is 8.78 Å². The van der Waals surface area contributed by atoms with Crippen LogP contribution in [0.15, 0.2) is 48.5 Å². The molecule has 0 saturated carbocycles. The van der Waals surface area contributed by atoms with Gasteiger partial charge in [0.05, 0.1) is 159 Å². The van der Waals surface area contributed by atoms with E-state index in [4.69, 9.17) is 56.8 Å². The molecule has 2 aromatic carbocycles. The molecule has 3 saturated heterocycles. The second kappa shape index (κ2) is 60.5. The Bertz CT molecular complexity index is 1750. The van der Waals surface area contributed by atoms with Crippen molar-refractivity contribution in [1.82, 2.24) is 29.4 Å². The predicted octanol–water partition coefficient (Wildman–Crippen LogP) is 10.5. The maximum absolute atomic E-state index is 13.4. The van der Waals surface area contributed by atoms with Crippen LogP contribution in [0.1, 0.15) is 140 Å². The number of unbranched alkanes of at least 4 members (excludes halogenated alkanes) is 18. The monoisotopic (exact) mass is 1330 g/mol. The van der Waals surface area contributed by atoms with Crippen molar-refractivity contribution in [3.05, 3.63) is 71.3 Å². The lowest BCUT2D eigenvalue weighted by Gasteiger charge is -2.24. The molecule has 0 amide bonds. The largest absolute Gasteiger partial charge is 0.378 e. The number of hydrogen-bond donors (Lipinski definition) is 0. The second-order valence-electron chi connectivity index (χ2n) is 25.6. The molecular formula is C74H132F2N6O12. The van der Waals surface area contributed by atoms with E-state index in [2.05, 4.69) is 29.4 Å². The molecule has 0 spiro atoms. The molecule has 0 bridgehead atoms. The molecule has 20 heteroatoms. The van der Waals surface area contributed by atoms with Crippen LogP contribution in [0.25, 0.3) is 0 Å². The van der Waals surface area contributed by atoms with Crippen LogP contribution in [-0.2, 0) is 69.9 Å². The molecule has 94 heavy (non-hydrogen) atoms. The lowest BCUT2D eigenvalue weighted by molar-refractivity contribution is 0.00699. The van der Waals surface area contributed by atoms with Crippen LogP contribution in [0.2, 0.25) is 0 Å². The van der Waals surface area contributed by atoms with E-state index in [-0.39, 0.29) is 11.6 Å². The van der Waals surface area contributed by atoms with E-state index in [1.807, 2.05) is 24.3 Å². The highest BCUT2D eigenvalue weighted by Gasteiger charge is 2.14. The highest BCUT2D eigenvalue weighted by molar-refractivity contribution is 5.16. The molecule has 5 rings (SSSR count). The van der Waals surface area contributed by atoms with E-state index in [9.17, 15) is 8.78 Å². The first-order valence-electron chi connectivity index (χ1n) is 37.3. The summed E-state index contributed by atoms with van der Waals surface area (Å²) in [4.78, 5) is 14.6. The molecule has 18 nitrogen and oxygen atoms in total. The molecule has 0 unspecified atom stereocenters. The molecule has 3 aliphatic heterocycles. The average molecular weight is 1340 g/mol. The van der Waals surface area contributed by atoms with Crippen LogP contribution in [0.5, 0.6) is 0 Å².